The van der Waals surface area contributed by atoms with Crippen LogP contribution in [0.4, 0.5) is 5.69 Å². The van der Waals surface area contributed by atoms with Crippen LogP contribution in [0.25, 0.3) is 0 Å². The monoisotopic (exact) mass is 324 g/mol. The number of hydrogen-bond donors (Lipinski definition) is 1. The molecule has 0 spiro atoms. The number of carbonyl (C=O) groups excluding carboxylic acids is 1. The molecule has 4 nitrogen and oxygen atoms in total. The fourth-order valence-corrected chi connectivity index (χ4v) is 3.01. The molecule has 2 aromatic carbocycles. The van der Waals surface area contributed by atoms with Crippen molar-refractivity contribution in [3.8, 4) is 5.75 Å². The third kappa shape index (κ3) is 3.09. The van der Waals surface area contributed by atoms with E-state index in [2.05, 4.69) is 12.2 Å². The topological polar surface area (TPSA) is 41.6 Å². The highest BCUT2D eigenvalue weighted by Crippen LogP contribution is 2.34. The zero-order valence-corrected chi connectivity index (χ0v) is 14.5. The standard InChI is InChI=1S/C20H24N2O2/c1-4-13-24-16-11-9-15(10-12-16)19-21-18-8-6-5-7-17(18)20(23)22(19)14(2)3/h5-12,14,19,21H,4,13H2,1-3H3. The van der Waals surface area contributed by atoms with Gasteiger partial charge in [-0.2, -0.15) is 0 Å². The third-order valence-corrected chi connectivity index (χ3v) is 4.19. The summed E-state index contributed by atoms with van der Waals surface area (Å²) in [6.45, 7) is 6.88. The van der Waals surface area contributed by atoms with Gasteiger partial charge in [0.25, 0.3) is 5.91 Å². The Balaban J connectivity index is 1.92. The van der Waals surface area contributed by atoms with Crippen LogP contribution in [-0.4, -0.2) is 23.5 Å². The van der Waals surface area contributed by atoms with Gasteiger partial charge in [-0.25, -0.2) is 0 Å². The number of fused-ring (bicyclic) bond motifs is 1. The van der Waals surface area contributed by atoms with E-state index in [1.807, 2.05) is 67.3 Å². The van der Waals surface area contributed by atoms with E-state index in [1.165, 1.54) is 0 Å². The molecule has 0 fully saturated rings. The van der Waals surface area contributed by atoms with Crippen LogP contribution in [0.3, 0.4) is 0 Å². The molecule has 1 aliphatic heterocycles. The van der Waals surface area contributed by atoms with Gasteiger partial charge in [0, 0.05) is 11.7 Å². The molecule has 1 unspecified atom stereocenters. The number of benzene rings is 2. The van der Waals surface area contributed by atoms with E-state index in [4.69, 9.17) is 4.74 Å². The quantitative estimate of drug-likeness (QED) is 0.883. The highest BCUT2D eigenvalue weighted by atomic mass is 16.5. The van der Waals surface area contributed by atoms with Crippen LogP contribution >= 0.6 is 0 Å². The number of amides is 1. The minimum absolute atomic E-state index is 0.0654. The largest absolute Gasteiger partial charge is 0.494 e. The van der Waals surface area contributed by atoms with Gasteiger partial charge >= 0.3 is 0 Å². The lowest BCUT2D eigenvalue weighted by atomic mass is 10.0. The van der Waals surface area contributed by atoms with Crippen molar-refractivity contribution in [3.05, 3.63) is 59.7 Å². The number of hydrogen-bond acceptors (Lipinski definition) is 3. The number of ether oxygens (including phenoxy) is 1. The summed E-state index contributed by atoms with van der Waals surface area (Å²) in [5, 5.41) is 3.50. The first-order valence-electron chi connectivity index (χ1n) is 8.52. The maximum atomic E-state index is 12.9. The maximum absolute atomic E-state index is 12.9. The molecule has 24 heavy (non-hydrogen) atoms. The van der Waals surface area contributed by atoms with Crippen LogP contribution in [0.15, 0.2) is 48.5 Å². The average Bonchev–Trinajstić information content (AvgIpc) is 2.60. The van der Waals surface area contributed by atoms with Gasteiger partial charge in [0.2, 0.25) is 0 Å². The highest BCUT2D eigenvalue weighted by molar-refractivity contribution is 6.01. The van der Waals surface area contributed by atoms with E-state index in [1.54, 1.807) is 0 Å². The summed E-state index contributed by atoms with van der Waals surface area (Å²) in [4.78, 5) is 14.8. The Morgan fingerprint density at radius 2 is 1.83 bits per heavy atom. The summed E-state index contributed by atoms with van der Waals surface area (Å²) in [6, 6.07) is 15.8. The number of nitrogens with zero attached hydrogens (tertiary/aromatic N) is 1. The maximum Gasteiger partial charge on any atom is 0.258 e. The molecule has 0 saturated carbocycles. The molecule has 1 aliphatic rings. The fourth-order valence-electron chi connectivity index (χ4n) is 3.01. The number of para-hydroxylation sites is 1. The van der Waals surface area contributed by atoms with Gasteiger partial charge in [0.05, 0.1) is 12.2 Å². The van der Waals surface area contributed by atoms with Crippen molar-refractivity contribution in [3.63, 3.8) is 0 Å². The van der Waals surface area contributed by atoms with Crippen LogP contribution in [-0.2, 0) is 0 Å². The SMILES string of the molecule is CCCOc1ccc(C2Nc3ccccc3C(=O)N2C(C)C)cc1. The molecule has 0 saturated heterocycles. The Morgan fingerprint density at radius 3 is 2.50 bits per heavy atom. The molecular weight excluding hydrogens is 300 g/mol. The van der Waals surface area contributed by atoms with E-state index in [9.17, 15) is 4.79 Å². The van der Waals surface area contributed by atoms with E-state index in [0.29, 0.717) is 6.61 Å². The molecule has 1 heterocycles. The molecule has 0 bridgehead atoms. The number of carbonyl (C=O) groups is 1. The molecule has 1 N–H and O–H groups in total. The predicted octanol–water partition coefficient (Wildman–Crippen LogP) is 4.45. The van der Waals surface area contributed by atoms with E-state index < -0.39 is 0 Å². The van der Waals surface area contributed by atoms with Gasteiger partial charge < -0.3 is 15.0 Å². The zero-order valence-electron chi connectivity index (χ0n) is 14.5. The van der Waals surface area contributed by atoms with Crippen molar-refractivity contribution >= 4 is 11.6 Å². The summed E-state index contributed by atoms with van der Waals surface area (Å²) in [5.41, 5.74) is 2.66. The first kappa shape index (κ1) is 16.4. The minimum atomic E-state index is -0.173. The van der Waals surface area contributed by atoms with Crippen molar-refractivity contribution < 1.29 is 9.53 Å². The van der Waals surface area contributed by atoms with Crippen LogP contribution in [0, 0.1) is 0 Å². The van der Waals surface area contributed by atoms with E-state index >= 15 is 0 Å². The second-order valence-electron chi connectivity index (χ2n) is 6.32. The van der Waals surface area contributed by atoms with Crippen molar-refractivity contribution in [2.45, 2.75) is 39.4 Å². The second kappa shape index (κ2) is 6.95. The minimum Gasteiger partial charge on any atom is -0.494 e. The van der Waals surface area contributed by atoms with Gasteiger partial charge in [0.15, 0.2) is 0 Å². The van der Waals surface area contributed by atoms with Gasteiger partial charge in [-0.15, -0.1) is 0 Å². The van der Waals surface area contributed by atoms with Crippen molar-refractivity contribution in [2.75, 3.05) is 11.9 Å². The van der Waals surface area contributed by atoms with E-state index in [-0.39, 0.29) is 18.1 Å². The number of nitrogens with one attached hydrogen (secondary N) is 1. The molecule has 0 radical (unpaired) electrons. The van der Waals surface area contributed by atoms with Crippen molar-refractivity contribution in [1.29, 1.82) is 0 Å². The van der Waals surface area contributed by atoms with Crippen LogP contribution in [0.2, 0.25) is 0 Å². The van der Waals surface area contributed by atoms with Crippen molar-refractivity contribution in [2.24, 2.45) is 0 Å². The van der Waals surface area contributed by atoms with Gasteiger partial charge in [0.1, 0.15) is 11.9 Å². The first-order chi connectivity index (χ1) is 11.6. The molecule has 1 atom stereocenters. The van der Waals surface area contributed by atoms with E-state index in [0.717, 1.165) is 29.0 Å². The molecule has 4 heteroatoms. The second-order valence-corrected chi connectivity index (χ2v) is 6.32. The Kier molecular flexibility index (Phi) is 4.74. The molecule has 0 aliphatic carbocycles. The first-order valence-corrected chi connectivity index (χ1v) is 8.52. The summed E-state index contributed by atoms with van der Waals surface area (Å²) < 4.78 is 5.65. The van der Waals surface area contributed by atoms with Gasteiger partial charge in [-0.3, -0.25) is 4.79 Å². The molecule has 3 rings (SSSR count). The summed E-state index contributed by atoms with van der Waals surface area (Å²) in [5.74, 6) is 0.926. The molecule has 1 amide bonds. The lowest BCUT2D eigenvalue weighted by Crippen LogP contribution is -2.46. The number of rotatable bonds is 5. The Bertz CT molecular complexity index is 710. The predicted molar refractivity (Wildman–Crippen MR) is 96.3 cm³/mol. The molecular formula is C20H24N2O2. The lowest BCUT2D eigenvalue weighted by Gasteiger charge is -2.40. The Labute approximate surface area is 143 Å². The van der Waals surface area contributed by atoms with Crippen LogP contribution in [0.1, 0.15) is 49.3 Å². The Hall–Kier alpha value is -2.49. The zero-order chi connectivity index (χ0) is 17.1. The average molecular weight is 324 g/mol. The van der Waals surface area contributed by atoms with Crippen LogP contribution in [0.5, 0.6) is 5.75 Å². The molecule has 126 valence electrons. The van der Waals surface area contributed by atoms with Gasteiger partial charge in [-0.05, 0) is 50.1 Å². The highest BCUT2D eigenvalue weighted by Gasteiger charge is 2.34. The molecule has 2 aromatic rings. The molecule has 0 aromatic heterocycles. The number of anilines is 1. The van der Waals surface area contributed by atoms with Gasteiger partial charge in [-0.1, -0.05) is 31.2 Å². The Morgan fingerprint density at radius 1 is 1.12 bits per heavy atom. The summed E-state index contributed by atoms with van der Waals surface area (Å²) in [6.07, 6.45) is 0.811. The summed E-state index contributed by atoms with van der Waals surface area (Å²) >= 11 is 0. The van der Waals surface area contributed by atoms with Crippen LogP contribution < -0.4 is 10.1 Å². The fraction of sp³-hybridized carbons (Fsp3) is 0.350. The summed E-state index contributed by atoms with van der Waals surface area (Å²) in [7, 11) is 0. The lowest BCUT2D eigenvalue weighted by molar-refractivity contribution is 0.0617. The third-order valence-electron chi connectivity index (χ3n) is 4.19. The van der Waals surface area contributed by atoms with Crippen molar-refractivity contribution in [1.82, 2.24) is 4.90 Å². The smallest absolute Gasteiger partial charge is 0.258 e. The normalized spacial score (nSPS) is 16.8.